The molecular formula is C12H10ClFN2O3S. The number of nitrogens with zero attached hydrogens (tertiary/aromatic N) is 1. The lowest BCUT2D eigenvalue weighted by Crippen LogP contribution is -2.18. The number of pyridine rings is 1. The van der Waals surface area contributed by atoms with Crippen molar-refractivity contribution in [1.29, 1.82) is 0 Å². The molecule has 0 amide bonds. The Morgan fingerprint density at radius 1 is 1.25 bits per heavy atom. The highest BCUT2D eigenvalue weighted by Gasteiger charge is 2.16. The summed E-state index contributed by atoms with van der Waals surface area (Å²) in [6.45, 7) is 0. The molecule has 0 bridgehead atoms. The van der Waals surface area contributed by atoms with Crippen LogP contribution in [0.15, 0.2) is 46.2 Å². The van der Waals surface area contributed by atoms with Crippen molar-refractivity contribution >= 4 is 27.3 Å². The van der Waals surface area contributed by atoms with Crippen molar-refractivity contribution in [3.05, 3.63) is 57.7 Å². The molecule has 0 saturated heterocycles. The third-order valence-corrected chi connectivity index (χ3v) is 4.21. The van der Waals surface area contributed by atoms with E-state index in [0.717, 1.165) is 18.2 Å². The van der Waals surface area contributed by atoms with Gasteiger partial charge in [0.2, 0.25) is 5.56 Å². The Balaban J connectivity index is 2.37. The molecule has 1 aromatic carbocycles. The van der Waals surface area contributed by atoms with Gasteiger partial charge in [-0.05, 0) is 24.3 Å². The summed E-state index contributed by atoms with van der Waals surface area (Å²) in [6.07, 6.45) is 1.34. The maximum absolute atomic E-state index is 13.0. The van der Waals surface area contributed by atoms with Gasteiger partial charge in [0.05, 0.1) is 15.6 Å². The molecule has 5 nitrogen and oxygen atoms in total. The third-order valence-electron chi connectivity index (χ3n) is 2.54. The molecule has 8 heteroatoms. The lowest BCUT2D eigenvalue weighted by atomic mass is 10.3. The Morgan fingerprint density at radius 2 is 1.95 bits per heavy atom. The van der Waals surface area contributed by atoms with Gasteiger partial charge >= 0.3 is 0 Å². The van der Waals surface area contributed by atoms with Crippen LogP contribution < -0.4 is 10.3 Å². The van der Waals surface area contributed by atoms with Crippen molar-refractivity contribution < 1.29 is 12.8 Å². The minimum atomic E-state index is -3.90. The van der Waals surface area contributed by atoms with Crippen LogP contribution in [0, 0.1) is 5.82 Å². The number of hydrogen-bond donors (Lipinski definition) is 1. The molecule has 0 spiro atoms. The van der Waals surface area contributed by atoms with Crippen LogP contribution in [0.5, 0.6) is 0 Å². The molecule has 2 aromatic rings. The average Bonchev–Trinajstić information content (AvgIpc) is 2.37. The van der Waals surface area contributed by atoms with Crippen molar-refractivity contribution in [3.63, 3.8) is 0 Å². The van der Waals surface area contributed by atoms with Crippen LogP contribution in [0.2, 0.25) is 5.02 Å². The molecule has 0 aliphatic rings. The summed E-state index contributed by atoms with van der Waals surface area (Å²) in [4.78, 5) is 11.0. The van der Waals surface area contributed by atoms with Gasteiger partial charge in [-0.25, -0.2) is 12.8 Å². The Hall–Kier alpha value is -1.86. The molecule has 0 saturated carbocycles. The van der Waals surface area contributed by atoms with Gasteiger partial charge in [0.25, 0.3) is 10.0 Å². The van der Waals surface area contributed by atoms with Gasteiger partial charge < -0.3 is 4.57 Å². The van der Waals surface area contributed by atoms with Crippen LogP contribution in [0.1, 0.15) is 0 Å². The minimum absolute atomic E-state index is 0.169. The van der Waals surface area contributed by atoms with Gasteiger partial charge in [0.15, 0.2) is 0 Å². The number of aromatic nitrogens is 1. The number of nitrogens with one attached hydrogen (secondary N) is 1. The van der Waals surface area contributed by atoms with Gasteiger partial charge in [0, 0.05) is 19.3 Å². The first kappa shape index (κ1) is 14.5. The molecule has 0 unspecified atom stereocenters. The van der Waals surface area contributed by atoms with E-state index < -0.39 is 15.8 Å². The maximum Gasteiger partial charge on any atom is 0.261 e. The topological polar surface area (TPSA) is 68.2 Å². The summed E-state index contributed by atoms with van der Waals surface area (Å²) in [6, 6.07) is 5.66. The summed E-state index contributed by atoms with van der Waals surface area (Å²) in [5.41, 5.74) is -0.0506. The zero-order valence-electron chi connectivity index (χ0n) is 10.3. The monoisotopic (exact) mass is 316 g/mol. The van der Waals surface area contributed by atoms with E-state index in [0.29, 0.717) is 0 Å². The summed E-state index contributed by atoms with van der Waals surface area (Å²) < 4.78 is 40.7. The maximum atomic E-state index is 13.0. The van der Waals surface area contributed by atoms with Crippen molar-refractivity contribution in [1.82, 2.24) is 4.57 Å². The second-order valence-corrected chi connectivity index (χ2v) is 6.14. The summed E-state index contributed by atoms with van der Waals surface area (Å²) in [5.74, 6) is -0.701. The lowest BCUT2D eigenvalue weighted by Gasteiger charge is -2.09. The van der Waals surface area contributed by atoms with Crippen molar-refractivity contribution in [2.75, 3.05) is 4.72 Å². The van der Waals surface area contributed by atoms with Crippen molar-refractivity contribution in [2.45, 2.75) is 4.90 Å². The van der Waals surface area contributed by atoms with Crippen LogP contribution in [0.4, 0.5) is 10.1 Å². The average molecular weight is 317 g/mol. The van der Waals surface area contributed by atoms with Gasteiger partial charge in [-0.3, -0.25) is 9.52 Å². The SMILES string of the molecule is Cn1cc(NS(=O)(=O)c2ccc(F)c(Cl)c2)ccc1=O. The number of benzene rings is 1. The smallest absolute Gasteiger partial charge is 0.261 e. The molecule has 0 radical (unpaired) electrons. The number of anilines is 1. The van der Waals surface area contributed by atoms with E-state index in [2.05, 4.69) is 4.72 Å². The number of hydrogen-bond acceptors (Lipinski definition) is 3. The van der Waals surface area contributed by atoms with Crippen molar-refractivity contribution in [2.24, 2.45) is 7.05 Å². The van der Waals surface area contributed by atoms with Gasteiger partial charge in [-0.2, -0.15) is 0 Å². The van der Waals surface area contributed by atoms with Crippen LogP contribution in [0.3, 0.4) is 0 Å². The first-order chi connectivity index (χ1) is 9.29. The Kier molecular flexibility index (Phi) is 3.82. The zero-order chi connectivity index (χ0) is 14.9. The molecule has 1 N–H and O–H groups in total. The van der Waals surface area contributed by atoms with E-state index in [9.17, 15) is 17.6 Å². The molecule has 0 aliphatic carbocycles. The minimum Gasteiger partial charge on any atom is -0.316 e. The number of halogens is 2. The molecule has 1 aromatic heterocycles. The van der Waals surface area contributed by atoms with Gasteiger partial charge in [-0.15, -0.1) is 0 Å². The first-order valence-corrected chi connectivity index (χ1v) is 7.30. The highest BCUT2D eigenvalue weighted by atomic mass is 35.5. The van der Waals surface area contributed by atoms with E-state index in [1.807, 2.05) is 0 Å². The third kappa shape index (κ3) is 3.00. The Labute approximate surface area is 119 Å². The number of aryl methyl sites for hydroxylation is 1. The number of rotatable bonds is 3. The quantitative estimate of drug-likeness (QED) is 0.941. The molecule has 0 aliphatic heterocycles. The lowest BCUT2D eigenvalue weighted by molar-refractivity contribution is 0.599. The highest BCUT2D eigenvalue weighted by molar-refractivity contribution is 7.92. The van der Waals surface area contributed by atoms with Crippen LogP contribution >= 0.6 is 11.6 Å². The molecule has 0 atom stereocenters. The summed E-state index contributed by atoms with van der Waals surface area (Å²) >= 11 is 5.56. The zero-order valence-corrected chi connectivity index (χ0v) is 11.9. The fourth-order valence-electron chi connectivity index (χ4n) is 1.51. The summed E-state index contributed by atoms with van der Waals surface area (Å²) in [5, 5.41) is -0.284. The summed E-state index contributed by atoms with van der Waals surface area (Å²) in [7, 11) is -2.40. The van der Waals surface area contributed by atoms with Crippen LogP contribution in [-0.4, -0.2) is 13.0 Å². The van der Waals surface area contributed by atoms with Crippen LogP contribution in [-0.2, 0) is 17.1 Å². The fraction of sp³-hybridized carbons (Fsp3) is 0.0833. The van der Waals surface area contributed by atoms with E-state index in [1.54, 1.807) is 0 Å². The predicted octanol–water partition coefficient (Wildman–Crippen LogP) is 1.98. The van der Waals surface area contributed by atoms with E-state index in [-0.39, 0.29) is 21.2 Å². The Morgan fingerprint density at radius 3 is 2.55 bits per heavy atom. The number of sulfonamides is 1. The molecular weight excluding hydrogens is 307 g/mol. The molecule has 1 heterocycles. The van der Waals surface area contributed by atoms with E-state index in [1.165, 1.54) is 29.9 Å². The molecule has 2 rings (SSSR count). The normalized spacial score (nSPS) is 11.3. The second-order valence-electron chi connectivity index (χ2n) is 4.05. The van der Waals surface area contributed by atoms with E-state index >= 15 is 0 Å². The van der Waals surface area contributed by atoms with E-state index in [4.69, 9.17) is 11.6 Å². The van der Waals surface area contributed by atoms with Gasteiger partial charge in [0.1, 0.15) is 5.82 Å². The fourth-order valence-corrected chi connectivity index (χ4v) is 2.83. The molecule has 20 heavy (non-hydrogen) atoms. The van der Waals surface area contributed by atoms with Crippen LogP contribution in [0.25, 0.3) is 0 Å². The van der Waals surface area contributed by atoms with Gasteiger partial charge in [-0.1, -0.05) is 11.6 Å². The van der Waals surface area contributed by atoms with Crippen molar-refractivity contribution in [3.8, 4) is 0 Å². The Bertz CT molecular complexity index is 818. The first-order valence-electron chi connectivity index (χ1n) is 5.44. The molecule has 0 fully saturated rings. The standard InChI is InChI=1S/C12H10ClFN2O3S/c1-16-7-8(2-5-12(16)17)15-20(18,19)9-3-4-11(14)10(13)6-9/h2-7,15H,1H3. The predicted molar refractivity (Wildman–Crippen MR) is 73.9 cm³/mol. The second kappa shape index (κ2) is 5.26. The highest BCUT2D eigenvalue weighted by Crippen LogP contribution is 2.21. The largest absolute Gasteiger partial charge is 0.316 e. The molecule has 106 valence electrons.